The number of piperidine rings is 1. The minimum absolute atomic E-state index is 0. The third kappa shape index (κ3) is 17.3. The number of nitrogens with zero attached hydrogens (tertiary/aromatic N) is 2. The van der Waals surface area contributed by atoms with Gasteiger partial charge in [-0.15, -0.1) is 0 Å². The summed E-state index contributed by atoms with van der Waals surface area (Å²) in [5.41, 5.74) is 1.38. The number of hydrogen-bond donors (Lipinski definition) is 2. The second-order valence-electron chi connectivity index (χ2n) is 11.2. The largest absolute Gasteiger partial charge is 0.528 e. The Hall–Kier alpha value is -3.10. The van der Waals surface area contributed by atoms with Crippen LogP contribution in [0.15, 0.2) is 54.1 Å². The maximum Gasteiger partial charge on any atom is 0.264 e. The van der Waals surface area contributed by atoms with Crippen molar-refractivity contribution >= 4 is 24.3 Å². The Bertz CT molecular complexity index is 1380. The average Bonchev–Trinajstić information content (AvgIpc) is 3.15. The molecule has 2 atom stereocenters. The smallest absolute Gasteiger partial charge is 0.264 e. The van der Waals surface area contributed by atoms with E-state index in [0.717, 1.165) is 5.56 Å². The molecule has 1 heterocycles. The normalized spacial score (nSPS) is 15.7. The zero-order valence-electron chi connectivity index (χ0n) is 28.7. The van der Waals surface area contributed by atoms with Gasteiger partial charge in [-0.05, 0) is 47.9 Å². The monoisotopic (exact) mass is 856 g/mol. The Morgan fingerprint density at radius 3 is 1.94 bits per heavy atom. The van der Waals surface area contributed by atoms with Gasteiger partial charge >= 0.3 is 0 Å². The van der Waals surface area contributed by atoms with E-state index in [1.807, 2.05) is 30.3 Å². The van der Waals surface area contributed by atoms with Crippen molar-refractivity contribution in [2.75, 3.05) is 99.4 Å². The van der Waals surface area contributed by atoms with Crippen LogP contribution >= 0.6 is 0 Å². The molecule has 3 amide bonds. The summed E-state index contributed by atoms with van der Waals surface area (Å²) in [4.78, 5) is 38.4. The average molecular weight is 857 g/mol. The first-order valence-electron chi connectivity index (χ1n) is 16.5. The van der Waals surface area contributed by atoms with E-state index in [1.165, 1.54) is 30.3 Å². The molecule has 0 aromatic heterocycles. The quantitative estimate of drug-likeness (QED) is 0.0528. The van der Waals surface area contributed by atoms with Gasteiger partial charge in [0, 0.05) is 70.7 Å². The van der Waals surface area contributed by atoms with Crippen LogP contribution in [0, 0.1) is 61.7 Å². The fourth-order valence-electron chi connectivity index (χ4n) is 5.16. The van der Waals surface area contributed by atoms with E-state index in [1.54, 1.807) is 18.4 Å². The number of benzene rings is 2. The summed E-state index contributed by atoms with van der Waals surface area (Å²) >= 11 is 0. The maximum absolute atomic E-state index is 13.5. The summed E-state index contributed by atoms with van der Waals surface area (Å²) in [5, 5.41) is 15.1. The van der Waals surface area contributed by atoms with Gasteiger partial charge in [0.05, 0.1) is 79.1 Å². The molecule has 2 aromatic carbocycles. The molecule has 1 radical (unpaired) electrons. The molecule has 0 spiro atoms. The molecule has 1 aliphatic heterocycles. The number of ether oxygens (including phenoxy) is 6. The molecular weight excluding hydrogens is 810 g/mol. The summed E-state index contributed by atoms with van der Waals surface area (Å²) in [7, 11) is 1.58. The molecule has 2 N–H and O–H groups in total. The van der Waals surface area contributed by atoms with Gasteiger partial charge in [-0.3, -0.25) is 9.59 Å². The third-order valence-electron chi connectivity index (χ3n) is 7.70. The second-order valence-corrected chi connectivity index (χ2v) is 11.2. The first-order chi connectivity index (χ1) is 24.4. The molecule has 0 saturated carbocycles. The zero-order chi connectivity index (χ0) is 35.8. The number of nitriles is 1. The predicted molar refractivity (Wildman–Crippen MR) is 181 cm³/mol. The molecular formula is C36H46FN4O9Tb-. The molecule has 281 valence electrons. The summed E-state index contributed by atoms with van der Waals surface area (Å²) in [6.45, 7) is 5.16. The molecule has 1 aliphatic rings. The van der Waals surface area contributed by atoms with E-state index in [-0.39, 0.29) is 75.7 Å². The number of hydrogen-bond acceptors (Lipinski definition) is 10. The van der Waals surface area contributed by atoms with Crippen molar-refractivity contribution in [3.05, 3.63) is 71.0 Å². The summed E-state index contributed by atoms with van der Waals surface area (Å²) in [6, 6.07) is 15.0. The van der Waals surface area contributed by atoms with Crippen LogP contribution in [-0.2, 0) is 38.1 Å². The minimum atomic E-state index is -0.511. The fourth-order valence-corrected chi connectivity index (χ4v) is 5.16. The van der Waals surface area contributed by atoms with Crippen LogP contribution in [0.1, 0.15) is 23.5 Å². The van der Waals surface area contributed by atoms with Gasteiger partial charge in [-0.2, -0.15) is 11.7 Å². The van der Waals surface area contributed by atoms with Crippen molar-refractivity contribution in [2.24, 2.45) is 5.92 Å². The molecule has 15 heteroatoms. The summed E-state index contributed by atoms with van der Waals surface area (Å²) < 4.78 is 45.8. The van der Waals surface area contributed by atoms with Crippen molar-refractivity contribution in [2.45, 2.75) is 12.3 Å². The molecule has 13 nitrogen and oxygen atoms in total. The zero-order valence-corrected chi connectivity index (χ0v) is 30.9. The molecule has 3 rings (SSSR count). The second kappa shape index (κ2) is 26.6. The van der Waals surface area contributed by atoms with Crippen LogP contribution < -0.4 is 15.4 Å². The Morgan fingerprint density at radius 2 is 1.41 bits per heavy atom. The number of likely N-dealkylation sites (tertiary alicyclic amines) is 1. The standard InChI is InChI=1S/C36H46FN4O9.Tb/c1-45-34-8-4-29(5-9-34)31-23-32(26-41(25-31)36(44)30(24-38)22-28-2-6-33(37)7-3-28)35(43)40-11-13-47-15-17-49-19-21-50-20-18-48-16-14-46-12-10-39-27-42;/h2-9,22,31-32H,10-21,23,25-26H2,1H3,(H,39,42)(H,40,43);/q-1;/b30-22+;. The van der Waals surface area contributed by atoms with Crippen molar-refractivity contribution in [1.29, 1.82) is 5.26 Å². The van der Waals surface area contributed by atoms with Crippen LogP contribution in [-0.4, -0.2) is 122 Å². The maximum atomic E-state index is 13.5. The Labute approximate surface area is 329 Å². The van der Waals surface area contributed by atoms with Crippen LogP contribution in [0.2, 0.25) is 0 Å². The van der Waals surface area contributed by atoms with E-state index in [4.69, 9.17) is 28.4 Å². The van der Waals surface area contributed by atoms with Crippen molar-refractivity contribution < 1.29 is 85.8 Å². The molecule has 1 saturated heterocycles. The summed E-state index contributed by atoms with van der Waals surface area (Å²) in [5.74, 6) is -1.08. The van der Waals surface area contributed by atoms with Crippen LogP contribution in [0.25, 0.3) is 6.08 Å². The van der Waals surface area contributed by atoms with E-state index < -0.39 is 17.6 Å². The van der Waals surface area contributed by atoms with Crippen molar-refractivity contribution in [3.63, 3.8) is 0 Å². The Kier molecular flexibility index (Phi) is 23.0. The van der Waals surface area contributed by atoms with E-state index in [9.17, 15) is 24.0 Å². The van der Waals surface area contributed by atoms with Crippen LogP contribution in [0.4, 0.5) is 4.39 Å². The van der Waals surface area contributed by atoms with Gasteiger partial charge in [0.25, 0.3) is 5.91 Å². The molecule has 0 aliphatic carbocycles. The van der Waals surface area contributed by atoms with E-state index >= 15 is 0 Å². The number of rotatable bonds is 24. The molecule has 1 fully saturated rings. The fraction of sp³-hybridized carbons (Fsp3) is 0.500. The predicted octanol–water partition coefficient (Wildman–Crippen LogP) is 2.23. The topological polar surface area (TPSA) is 158 Å². The molecule has 51 heavy (non-hydrogen) atoms. The van der Waals surface area contributed by atoms with Gasteiger partial charge in [0.2, 0.25) is 5.91 Å². The number of nitrogens with one attached hydrogen (secondary N) is 2. The third-order valence-corrected chi connectivity index (χ3v) is 7.70. The van der Waals surface area contributed by atoms with E-state index in [0.29, 0.717) is 90.3 Å². The number of carbonyl (C=O) groups is 2. The van der Waals surface area contributed by atoms with Crippen molar-refractivity contribution in [1.82, 2.24) is 15.5 Å². The number of carbonyl (C=O) groups excluding carboxylic acids is 3. The molecule has 2 aromatic rings. The minimum Gasteiger partial charge on any atom is -0.528 e. The Morgan fingerprint density at radius 1 is 0.863 bits per heavy atom. The van der Waals surface area contributed by atoms with Gasteiger partial charge in [-0.1, -0.05) is 24.3 Å². The first kappa shape index (κ1) is 44.1. The molecule has 2 unspecified atom stereocenters. The first-order valence-corrected chi connectivity index (χ1v) is 16.5. The SMILES string of the molecule is COc1ccc(C2CC(C(=O)NCCOCCOCCOCCOCCOCCN[C-]=O)CN(C(=O)/C(C#N)=C/c3ccc(F)cc3)C2)cc1.[Tb]. The van der Waals surface area contributed by atoms with Crippen LogP contribution in [0.3, 0.4) is 0 Å². The number of halogens is 1. The Balaban J connectivity index is 0.00000901. The van der Waals surface area contributed by atoms with Gasteiger partial charge in [0.1, 0.15) is 23.2 Å². The number of amides is 3. The van der Waals surface area contributed by atoms with E-state index in [2.05, 4.69) is 10.6 Å². The van der Waals surface area contributed by atoms with Gasteiger partial charge in [-0.25, -0.2) is 4.39 Å². The summed E-state index contributed by atoms with van der Waals surface area (Å²) in [6.07, 6.45) is 3.52. The number of methoxy groups -OCH3 is 1. The van der Waals surface area contributed by atoms with Crippen LogP contribution in [0.5, 0.6) is 5.75 Å². The van der Waals surface area contributed by atoms with Gasteiger partial charge in [0.15, 0.2) is 0 Å². The van der Waals surface area contributed by atoms with Crippen molar-refractivity contribution in [3.8, 4) is 11.8 Å². The molecule has 0 bridgehead atoms. The van der Waals surface area contributed by atoms with Gasteiger partial charge < -0.3 is 48.7 Å².